The third kappa shape index (κ3) is 27.5. The minimum Gasteiger partial charge on any atom is -0.319 e. The monoisotopic (exact) mass is 1100 g/mol. The lowest BCUT2D eigenvalue weighted by atomic mass is 9.58. The molecule has 3 aliphatic carbocycles. The average Bonchev–Trinajstić information content (AvgIpc) is 3.75. The molecular weight excluding hydrogens is 961 g/mol. The largest absolute Gasteiger partial charge is 0.319 e. The van der Waals surface area contributed by atoms with Crippen molar-refractivity contribution in [3.8, 4) is 0 Å². The highest BCUT2D eigenvalue weighted by molar-refractivity contribution is 5.02. The zero-order valence-electron chi connectivity index (χ0n) is 55.8. The van der Waals surface area contributed by atoms with E-state index in [1.165, 1.54) is 240 Å². The molecule has 3 unspecified atom stereocenters. The predicted molar refractivity (Wildman–Crippen MR) is 341 cm³/mol. The topological polar surface area (TPSA) is 56.5 Å². The molecule has 12 rings (SSSR count). The van der Waals surface area contributed by atoms with Crippen molar-refractivity contribution in [1.29, 1.82) is 0 Å². The van der Waals surface area contributed by atoms with Gasteiger partial charge in [0, 0.05) is 76.9 Å². The highest BCUT2D eigenvalue weighted by Crippen LogP contribution is 2.51. The lowest BCUT2D eigenvalue weighted by molar-refractivity contribution is -0.0758. The molecule has 9 heterocycles. The first-order valence-electron chi connectivity index (χ1n) is 33.1. The molecule has 0 aromatic carbocycles. The number of likely N-dealkylation sites (N-methyl/N-ethyl adjacent to an activating group) is 2. The molecule has 3 saturated carbocycles. The fourth-order valence-corrected chi connectivity index (χ4v) is 15.3. The SMILES string of the molecule is CC1CC2(C1)CN(C)C2.CC1CCN(C)C1.CC1CCN(C)CC1.CN1CCC2(C1)CN(C)C2.CN1CCC2(CC1)CCN(C)C2.CN1CCCN(C)CC1.CNCC1CC1C.CN[C@@H]1CC[C@H](C)C1.C[C@@H]1CCCN(C)C1. The van der Waals surface area contributed by atoms with E-state index < -0.39 is 0 Å². The van der Waals surface area contributed by atoms with Crippen molar-refractivity contribution >= 4 is 0 Å². The van der Waals surface area contributed by atoms with Crippen LogP contribution in [0.2, 0.25) is 0 Å². The van der Waals surface area contributed by atoms with Crippen LogP contribution in [0.15, 0.2) is 0 Å². The summed E-state index contributed by atoms with van der Waals surface area (Å²) in [5, 5.41) is 6.45. The van der Waals surface area contributed by atoms with Crippen molar-refractivity contribution in [2.24, 2.45) is 57.7 Å². The van der Waals surface area contributed by atoms with Crippen LogP contribution in [0.25, 0.3) is 0 Å². The second kappa shape index (κ2) is 35.7. The van der Waals surface area contributed by atoms with Crippen LogP contribution in [0.4, 0.5) is 0 Å². The summed E-state index contributed by atoms with van der Waals surface area (Å²) in [6.45, 7) is 41.4. The maximum absolute atomic E-state index is 3.29. The van der Waals surface area contributed by atoms with Gasteiger partial charge in [-0.3, -0.25) is 0 Å². The van der Waals surface area contributed by atoms with Crippen molar-refractivity contribution < 1.29 is 0 Å². The van der Waals surface area contributed by atoms with Crippen LogP contribution in [0, 0.1) is 57.7 Å². The van der Waals surface area contributed by atoms with Gasteiger partial charge in [-0.05, 0) is 312 Å². The molecule has 462 valence electrons. The van der Waals surface area contributed by atoms with E-state index in [0.29, 0.717) is 10.8 Å². The molecule has 2 N–H and O–H groups in total. The highest BCUT2D eigenvalue weighted by atomic mass is 15.2. The van der Waals surface area contributed by atoms with Crippen LogP contribution in [0.1, 0.15) is 144 Å². The summed E-state index contributed by atoms with van der Waals surface area (Å²) in [6, 6.07) is 0.824. The van der Waals surface area contributed by atoms with Crippen LogP contribution in [0.5, 0.6) is 0 Å². The van der Waals surface area contributed by atoms with Gasteiger partial charge in [-0.1, -0.05) is 41.5 Å². The third-order valence-corrected chi connectivity index (χ3v) is 20.6. The van der Waals surface area contributed by atoms with E-state index in [-0.39, 0.29) is 0 Å². The van der Waals surface area contributed by atoms with E-state index in [1.54, 1.807) is 0 Å². The molecule has 3 spiro atoms. The first-order valence-corrected chi connectivity index (χ1v) is 33.1. The molecule has 12 heteroatoms. The summed E-state index contributed by atoms with van der Waals surface area (Å²) in [5.41, 5.74) is 2.24. The summed E-state index contributed by atoms with van der Waals surface area (Å²) in [5.74, 6) is 6.87. The normalized spacial score (nSPS) is 32.5. The maximum atomic E-state index is 3.29. The number of hydrogen-bond donors (Lipinski definition) is 2. The molecule has 0 aromatic rings. The summed E-state index contributed by atoms with van der Waals surface area (Å²) >= 11 is 0. The van der Waals surface area contributed by atoms with Gasteiger partial charge in [-0.25, -0.2) is 0 Å². The summed E-state index contributed by atoms with van der Waals surface area (Å²) < 4.78 is 0. The van der Waals surface area contributed by atoms with Crippen molar-refractivity contribution in [2.75, 3.05) is 222 Å². The Bertz CT molecular complexity index is 1460. The van der Waals surface area contributed by atoms with Gasteiger partial charge >= 0.3 is 0 Å². The number of nitrogens with zero attached hydrogens (tertiary/aromatic N) is 10. The highest BCUT2D eigenvalue weighted by Gasteiger charge is 2.49. The summed E-state index contributed by atoms with van der Waals surface area (Å²) in [7, 11) is 26.2. The van der Waals surface area contributed by atoms with Crippen LogP contribution in [0.3, 0.4) is 0 Å². The lowest BCUT2D eigenvalue weighted by Crippen LogP contribution is -2.60. The molecule has 12 nitrogen and oxygen atoms in total. The van der Waals surface area contributed by atoms with E-state index in [0.717, 1.165) is 52.9 Å². The van der Waals surface area contributed by atoms with Crippen molar-refractivity contribution in [3.63, 3.8) is 0 Å². The molecule has 0 aromatic heterocycles. The second-order valence-electron chi connectivity index (χ2n) is 30.2. The summed E-state index contributed by atoms with van der Waals surface area (Å²) in [6.07, 6.45) is 22.7. The second-order valence-corrected chi connectivity index (χ2v) is 30.2. The smallest absolute Gasteiger partial charge is 0.0106 e. The number of likely N-dealkylation sites (tertiary alicyclic amines) is 8. The Morgan fingerprint density at radius 2 is 0.756 bits per heavy atom. The molecule has 0 radical (unpaired) electrons. The van der Waals surface area contributed by atoms with Gasteiger partial charge in [0.05, 0.1) is 0 Å². The average molecular weight is 1100 g/mol. The third-order valence-electron chi connectivity index (χ3n) is 20.6. The molecule has 78 heavy (non-hydrogen) atoms. The van der Waals surface area contributed by atoms with Crippen LogP contribution in [-0.2, 0) is 0 Å². The fraction of sp³-hybridized carbons (Fsp3) is 1.00. The molecule has 12 aliphatic rings. The molecule has 9 saturated heterocycles. The maximum Gasteiger partial charge on any atom is 0.0106 e. The van der Waals surface area contributed by atoms with Gasteiger partial charge in [0.25, 0.3) is 0 Å². The number of nitrogens with one attached hydrogen (secondary N) is 2. The minimum absolute atomic E-state index is 0.710. The molecule has 6 atom stereocenters. The van der Waals surface area contributed by atoms with E-state index >= 15 is 0 Å². The molecule has 9 aliphatic heterocycles. The first kappa shape index (κ1) is 70.0. The quantitative estimate of drug-likeness (QED) is 0.285. The minimum atomic E-state index is 0.710. The Morgan fingerprint density at radius 1 is 0.346 bits per heavy atom. The molecule has 0 bridgehead atoms. The van der Waals surface area contributed by atoms with E-state index in [4.69, 9.17) is 0 Å². The Morgan fingerprint density at radius 3 is 1.09 bits per heavy atom. The van der Waals surface area contributed by atoms with Crippen molar-refractivity contribution in [2.45, 2.75) is 150 Å². The van der Waals surface area contributed by atoms with Gasteiger partial charge < -0.3 is 59.6 Å². The van der Waals surface area contributed by atoms with Crippen molar-refractivity contribution in [3.05, 3.63) is 0 Å². The van der Waals surface area contributed by atoms with Crippen LogP contribution >= 0.6 is 0 Å². The molecule has 0 amide bonds. The van der Waals surface area contributed by atoms with Gasteiger partial charge in [0.1, 0.15) is 0 Å². The summed E-state index contributed by atoms with van der Waals surface area (Å²) in [4.78, 5) is 24.2. The van der Waals surface area contributed by atoms with E-state index in [2.05, 4.69) is 179 Å². The Kier molecular flexibility index (Phi) is 32.1. The van der Waals surface area contributed by atoms with E-state index in [1.807, 2.05) is 7.05 Å². The number of piperidine rings is 3. The first-order chi connectivity index (χ1) is 36.9. The standard InChI is InChI=1S/C10H20N2.C8H16N2.C8H15N.C7H16N2.3C7H15N.2C6H13N/c1-11-6-3-10(4-7-11)5-8-12(2)9-10;1-9-4-3-8(5-9)6-10(2)7-8;1-7-3-8(4-7)5-9(2)6-8;1-8-4-3-5-9(2)7-6-8;1-7-3-5-8(2)6-4-7;1-6-3-4-7(5-6)8-2;1-7-4-3-5-8(2)6-7;1-5-3-6(5)4-7-2;1-6-3-4-7(2)5-6/h3-9H2,1-2H3;3-7H2,1-2H3;7H,3-6H2,1-2H3;3-7H2,1-2H3;7H,3-6H2,1-2H3;6-8H,3-5H2,1-2H3;7H,3-6H2,1-2H3;5-7H,3-4H2,1-2H3;6H,3-5H2,1-2H3/t;;;;;6-,7+;7-;;/m.....01../s1. The molecule has 12 fully saturated rings. The number of hydrogen-bond acceptors (Lipinski definition) is 12. The zero-order valence-corrected chi connectivity index (χ0v) is 55.8. The van der Waals surface area contributed by atoms with Gasteiger partial charge in [-0.2, -0.15) is 0 Å². The van der Waals surface area contributed by atoms with Crippen LogP contribution < -0.4 is 10.6 Å². The Hall–Kier alpha value is -0.480. The van der Waals surface area contributed by atoms with Gasteiger partial charge in [-0.15, -0.1) is 0 Å². The van der Waals surface area contributed by atoms with E-state index in [9.17, 15) is 0 Å². The van der Waals surface area contributed by atoms with Crippen molar-refractivity contribution in [1.82, 2.24) is 59.6 Å². The lowest BCUT2D eigenvalue weighted by Gasteiger charge is -2.57. The van der Waals surface area contributed by atoms with Crippen LogP contribution in [-0.4, -0.2) is 277 Å². The Balaban J connectivity index is 0.000000190. The Labute approximate surface area is 487 Å². The fourth-order valence-electron chi connectivity index (χ4n) is 15.3. The number of rotatable bonds is 3. The van der Waals surface area contributed by atoms with Gasteiger partial charge in [0.15, 0.2) is 0 Å². The van der Waals surface area contributed by atoms with Gasteiger partial charge in [0.2, 0.25) is 0 Å². The predicted octanol–water partition coefficient (Wildman–Crippen LogP) is 8.80. The molecular formula is C66H138N12. The zero-order chi connectivity index (χ0) is 57.5.